The van der Waals surface area contributed by atoms with Crippen LogP contribution in [0.4, 0.5) is 0 Å². The van der Waals surface area contributed by atoms with Gasteiger partial charge in [0.1, 0.15) is 11.3 Å². The largest absolute Gasteiger partial charge is 0.506 e. The summed E-state index contributed by atoms with van der Waals surface area (Å²) in [6.07, 6.45) is 1.62. The average Bonchev–Trinajstić information content (AvgIpc) is 2.60. The molecule has 0 bridgehead atoms. The molecule has 5 nitrogen and oxygen atoms in total. The molecule has 5 heteroatoms. The summed E-state index contributed by atoms with van der Waals surface area (Å²) in [6, 6.07) is 15.9. The number of amides is 1. The Kier molecular flexibility index (Phi) is 4.01. The quantitative estimate of drug-likeness (QED) is 0.577. The maximum atomic E-state index is 12.0. The summed E-state index contributed by atoms with van der Waals surface area (Å²) in [4.78, 5) is 16.2. The summed E-state index contributed by atoms with van der Waals surface area (Å²) in [6.45, 7) is 1.80. The first-order valence-electron chi connectivity index (χ1n) is 7.13. The Bertz CT molecular complexity index is 889. The van der Waals surface area contributed by atoms with Gasteiger partial charge in [0.15, 0.2) is 0 Å². The number of rotatable bonds is 3. The molecule has 0 aliphatic carbocycles. The van der Waals surface area contributed by atoms with Crippen LogP contribution >= 0.6 is 0 Å². The molecule has 1 amide bonds. The maximum absolute atomic E-state index is 12.0. The minimum absolute atomic E-state index is 0.116. The molecule has 0 aliphatic rings. The van der Waals surface area contributed by atoms with E-state index in [2.05, 4.69) is 15.5 Å². The summed E-state index contributed by atoms with van der Waals surface area (Å²) >= 11 is 0. The molecule has 1 heterocycles. The molecule has 3 rings (SSSR count). The number of carbonyl (C=O) groups excluding carboxylic acids is 1. The minimum Gasteiger partial charge on any atom is -0.506 e. The van der Waals surface area contributed by atoms with Gasteiger partial charge < -0.3 is 5.11 Å². The van der Waals surface area contributed by atoms with Gasteiger partial charge in [0.2, 0.25) is 0 Å². The van der Waals surface area contributed by atoms with Crippen LogP contribution in [0.3, 0.4) is 0 Å². The molecule has 0 saturated heterocycles. The summed E-state index contributed by atoms with van der Waals surface area (Å²) < 4.78 is 0. The predicted octanol–water partition coefficient (Wildman–Crippen LogP) is 3.09. The molecule has 114 valence electrons. The number of benzene rings is 2. The number of phenols is 1. The van der Waals surface area contributed by atoms with Gasteiger partial charge >= 0.3 is 0 Å². The van der Waals surface area contributed by atoms with Crippen LogP contribution in [0, 0.1) is 0 Å². The lowest BCUT2D eigenvalue weighted by Crippen LogP contribution is -2.19. The van der Waals surface area contributed by atoms with Crippen LogP contribution in [0.25, 0.3) is 10.9 Å². The lowest BCUT2D eigenvalue weighted by molar-refractivity contribution is 0.0955. The van der Waals surface area contributed by atoms with Crippen molar-refractivity contribution in [2.75, 3.05) is 0 Å². The van der Waals surface area contributed by atoms with E-state index in [-0.39, 0.29) is 11.7 Å². The highest BCUT2D eigenvalue weighted by atomic mass is 16.3. The molecule has 2 aromatic carbocycles. The minimum atomic E-state index is -0.272. The lowest BCUT2D eigenvalue weighted by atomic mass is 10.0. The molecule has 0 radical (unpaired) electrons. The Balaban J connectivity index is 1.90. The number of nitrogens with one attached hydrogen (secondary N) is 1. The molecule has 0 fully saturated rings. The first-order chi connectivity index (χ1) is 11.2. The second kappa shape index (κ2) is 6.27. The maximum Gasteiger partial charge on any atom is 0.271 e. The van der Waals surface area contributed by atoms with E-state index in [9.17, 15) is 9.90 Å². The van der Waals surface area contributed by atoms with E-state index in [1.165, 1.54) is 0 Å². The second-order valence-electron chi connectivity index (χ2n) is 5.04. The average molecular weight is 305 g/mol. The van der Waals surface area contributed by atoms with Gasteiger partial charge in [-0.25, -0.2) is 5.43 Å². The number of hydrazone groups is 1. The van der Waals surface area contributed by atoms with Crippen LogP contribution in [0.1, 0.15) is 22.8 Å². The number of fused-ring (bicyclic) bond motifs is 1. The van der Waals surface area contributed by atoms with E-state index < -0.39 is 0 Å². The molecule has 1 aromatic heterocycles. The van der Waals surface area contributed by atoms with Gasteiger partial charge in [-0.15, -0.1) is 0 Å². The number of hydrogen-bond acceptors (Lipinski definition) is 4. The van der Waals surface area contributed by atoms with Crippen LogP contribution in [0.15, 0.2) is 65.9 Å². The zero-order valence-corrected chi connectivity index (χ0v) is 12.5. The van der Waals surface area contributed by atoms with Crippen LogP contribution in [-0.2, 0) is 0 Å². The topological polar surface area (TPSA) is 74.6 Å². The zero-order chi connectivity index (χ0) is 16.2. The van der Waals surface area contributed by atoms with Crippen molar-refractivity contribution in [3.63, 3.8) is 0 Å². The molecular weight excluding hydrogens is 290 g/mol. The van der Waals surface area contributed by atoms with Crippen molar-refractivity contribution in [3.05, 3.63) is 71.9 Å². The number of aromatic hydroxyl groups is 1. The molecule has 0 atom stereocenters. The molecular formula is C18H15N3O2. The summed E-state index contributed by atoms with van der Waals surface area (Å²) in [5.41, 5.74) is 5.03. The van der Waals surface area contributed by atoms with Gasteiger partial charge in [-0.2, -0.15) is 5.10 Å². The number of nitrogens with zero attached hydrogens (tertiary/aromatic N) is 2. The Labute approximate surface area is 133 Å². The van der Waals surface area contributed by atoms with E-state index in [1.54, 1.807) is 55.6 Å². The Morgan fingerprint density at radius 1 is 1.09 bits per heavy atom. The van der Waals surface area contributed by atoms with Crippen molar-refractivity contribution in [1.82, 2.24) is 10.4 Å². The van der Waals surface area contributed by atoms with Crippen molar-refractivity contribution < 1.29 is 9.90 Å². The van der Waals surface area contributed by atoms with Crippen molar-refractivity contribution in [3.8, 4) is 5.75 Å². The molecule has 0 saturated carbocycles. The van der Waals surface area contributed by atoms with Gasteiger partial charge in [-0.3, -0.25) is 9.78 Å². The van der Waals surface area contributed by atoms with Crippen molar-refractivity contribution in [2.45, 2.75) is 6.92 Å². The van der Waals surface area contributed by atoms with E-state index in [1.807, 2.05) is 12.1 Å². The normalized spacial score (nSPS) is 11.4. The fraction of sp³-hybridized carbons (Fsp3) is 0.0556. The third-order valence-electron chi connectivity index (χ3n) is 3.50. The van der Waals surface area contributed by atoms with Crippen LogP contribution in [0.5, 0.6) is 5.75 Å². The molecule has 2 N–H and O–H groups in total. The molecule has 0 unspecified atom stereocenters. The summed E-state index contributed by atoms with van der Waals surface area (Å²) in [7, 11) is 0. The Morgan fingerprint density at radius 2 is 1.87 bits per heavy atom. The van der Waals surface area contributed by atoms with Gasteiger partial charge in [0, 0.05) is 22.7 Å². The Hall–Kier alpha value is -3.21. The monoisotopic (exact) mass is 305 g/mol. The summed E-state index contributed by atoms with van der Waals surface area (Å²) in [5, 5.41) is 14.8. The number of hydrogen-bond donors (Lipinski definition) is 2. The number of carbonyl (C=O) groups is 1. The first-order valence-corrected chi connectivity index (χ1v) is 7.13. The molecule has 23 heavy (non-hydrogen) atoms. The predicted molar refractivity (Wildman–Crippen MR) is 89.5 cm³/mol. The van der Waals surface area contributed by atoms with E-state index in [4.69, 9.17) is 0 Å². The number of pyridine rings is 1. The Morgan fingerprint density at radius 3 is 2.65 bits per heavy atom. The highest BCUT2D eigenvalue weighted by Gasteiger charge is 2.09. The lowest BCUT2D eigenvalue weighted by Gasteiger charge is -2.07. The van der Waals surface area contributed by atoms with Crippen LogP contribution in [0.2, 0.25) is 0 Å². The van der Waals surface area contributed by atoms with Crippen LogP contribution < -0.4 is 5.43 Å². The van der Waals surface area contributed by atoms with E-state index in [0.29, 0.717) is 16.8 Å². The standard InChI is InChI=1S/C18H15N3O2/c1-12(20-21-18(23)13-6-3-2-4-7-13)14-9-10-16(22)17-15(14)8-5-11-19-17/h2-11,22H,1H3,(H,21,23)/b20-12+. The highest BCUT2D eigenvalue weighted by Crippen LogP contribution is 2.25. The van der Waals surface area contributed by atoms with Gasteiger partial charge in [-0.1, -0.05) is 24.3 Å². The zero-order valence-electron chi connectivity index (χ0n) is 12.5. The first kappa shape index (κ1) is 14.7. The van der Waals surface area contributed by atoms with Crippen LogP contribution in [-0.4, -0.2) is 21.7 Å². The van der Waals surface area contributed by atoms with Crippen molar-refractivity contribution in [2.24, 2.45) is 5.10 Å². The fourth-order valence-electron chi connectivity index (χ4n) is 2.32. The van der Waals surface area contributed by atoms with E-state index >= 15 is 0 Å². The second-order valence-corrected chi connectivity index (χ2v) is 5.04. The number of phenolic OH excluding ortho intramolecular Hbond substituents is 1. The molecule has 0 spiro atoms. The third-order valence-corrected chi connectivity index (χ3v) is 3.50. The molecule has 0 aliphatic heterocycles. The fourth-order valence-corrected chi connectivity index (χ4v) is 2.32. The number of aromatic nitrogens is 1. The van der Waals surface area contributed by atoms with Gasteiger partial charge in [-0.05, 0) is 37.3 Å². The van der Waals surface area contributed by atoms with Crippen molar-refractivity contribution >= 4 is 22.5 Å². The van der Waals surface area contributed by atoms with Gasteiger partial charge in [0.25, 0.3) is 5.91 Å². The van der Waals surface area contributed by atoms with Gasteiger partial charge in [0.05, 0.1) is 5.71 Å². The third kappa shape index (κ3) is 3.03. The SMILES string of the molecule is C/C(=N\NC(=O)c1ccccc1)c1ccc(O)c2ncccc12. The smallest absolute Gasteiger partial charge is 0.271 e. The summed E-state index contributed by atoms with van der Waals surface area (Å²) in [5.74, 6) is -0.156. The molecule has 3 aromatic rings. The van der Waals surface area contributed by atoms with Crippen molar-refractivity contribution in [1.29, 1.82) is 0 Å². The van der Waals surface area contributed by atoms with E-state index in [0.717, 1.165) is 10.9 Å². The highest BCUT2D eigenvalue weighted by molar-refractivity contribution is 6.10.